The van der Waals surface area contributed by atoms with Crippen LogP contribution < -0.4 is 5.73 Å². The van der Waals surface area contributed by atoms with E-state index >= 15 is 0 Å². The minimum atomic E-state index is 0.0369. The van der Waals surface area contributed by atoms with Crippen LogP contribution in [0.1, 0.15) is 40.4 Å². The highest BCUT2D eigenvalue weighted by molar-refractivity contribution is 6.00. The smallest absolute Gasteiger partial charge is 0.256 e. The molecule has 5 heteroatoms. The molecule has 3 N–H and O–H groups in total. The third kappa shape index (κ3) is 2.63. The standard InChI is InChI=1S/C16H20N4O/c1-11-4-2-6-13(17)15(11)16(21)20-9-3-5-12(10-20)14-7-8-18-19-14/h2,4,6-8,12H,3,5,9-10,17H2,1H3,(H,18,19). The van der Waals surface area contributed by atoms with Crippen molar-refractivity contribution in [2.45, 2.75) is 25.7 Å². The predicted octanol–water partition coefficient (Wildman–Crippen LogP) is 2.32. The Morgan fingerprint density at radius 2 is 2.29 bits per heavy atom. The summed E-state index contributed by atoms with van der Waals surface area (Å²) in [6, 6.07) is 7.59. The summed E-state index contributed by atoms with van der Waals surface area (Å²) in [5.41, 5.74) is 9.23. The van der Waals surface area contributed by atoms with Crippen LogP contribution in [0.15, 0.2) is 30.5 Å². The minimum absolute atomic E-state index is 0.0369. The molecular formula is C16H20N4O. The third-order valence-corrected chi connectivity index (χ3v) is 4.19. The van der Waals surface area contributed by atoms with Crippen molar-refractivity contribution in [3.8, 4) is 0 Å². The maximum Gasteiger partial charge on any atom is 0.256 e. The summed E-state index contributed by atoms with van der Waals surface area (Å²) in [4.78, 5) is 14.7. The Labute approximate surface area is 124 Å². The topological polar surface area (TPSA) is 75.0 Å². The third-order valence-electron chi connectivity index (χ3n) is 4.19. The monoisotopic (exact) mass is 284 g/mol. The first-order valence-electron chi connectivity index (χ1n) is 7.30. The quantitative estimate of drug-likeness (QED) is 0.831. The van der Waals surface area contributed by atoms with Gasteiger partial charge in [0.15, 0.2) is 0 Å². The molecule has 3 rings (SSSR count). The molecule has 0 radical (unpaired) electrons. The number of nitrogens with zero attached hydrogens (tertiary/aromatic N) is 2. The first-order chi connectivity index (χ1) is 10.2. The van der Waals surface area contributed by atoms with Crippen LogP contribution in [0.4, 0.5) is 5.69 Å². The number of hydrogen-bond donors (Lipinski definition) is 2. The zero-order valence-corrected chi connectivity index (χ0v) is 12.2. The van der Waals surface area contributed by atoms with E-state index in [0.29, 0.717) is 17.2 Å². The fraction of sp³-hybridized carbons (Fsp3) is 0.375. The van der Waals surface area contributed by atoms with E-state index < -0.39 is 0 Å². The van der Waals surface area contributed by atoms with E-state index in [0.717, 1.165) is 37.2 Å². The van der Waals surface area contributed by atoms with Crippen molar-refractivity contribution >= 4 is 11.6 Å². The number of rotatable bonds is 2. The number of aromatic amines is 1. The van der Waals surface area contributed by atoms with Gasteiger partial charge in [-0.2, -0.15) is 5.10 Å². The number of amides is 1. The van der Waals surface area contributed by atoms with Crippen LogP contribution in [0, 0.1) is 6.92 Å². The van der Waals surface area contributed by atoms with Crippen LogP contribution >= 0.6 is 0 Å². The molecule has 0 bridgehead atoms. The van der Waals surface area contributed by atoms with Crippen LogP contribution in [0.5, 0.6) is 0 Å². The Hall–Kier alpha value is -2.30. The second kappa shape index (κ2) is 5.60. The highest BCUT2D eigenvalue weighted by Crippen LogP contribution is 2.27. The van der Waals surface area contributed by atoms with Gasteiger partial charge in [0.2, 0.25) is 0 Å². The summed E-state index contributed by atoms with van der Waals surface area (Å²) >= 11 is 0. The lowest BCUT2D eigenvalue weighted by atomic mass is 9.94. The van der Waals surface area contributed by atoms with Crippen LogP contribution in [-0.2, 0) is 0 Å². The molecule has 2 heterocycles. The lowest BCUT2D eigenvalue weighted by molar-refractivity contribution is 0.0706. The molecule has 1 aromatic carbocycles. The van der Waals surface area contributed by atoms with Crippen LogP contribution in [0.2, 0.25) is 0 Å². The summed E-state index contributed by atoms with van der Waals surface area (Å²) in [5, 5.41) is 7.02. The number of carbonyl (C=O) groups is 1. The van der Waals surface area contributed by atoms with Gasteiger partial charge >= 0.3 is 0 Å². The molecule has 1 aliphatic rings. The van der Waals surface area contributed by atoms with Gasteiger partial charge in [0, 0.05) is 36.6 Å². The van der Waals surface area contributed by atoms with E-state index in [-0.39, 0.29) is 5.91 Å². The van der Waals surface area contributed by atoms with E-state index in [9.17, 15) is 4.79 Å². The van der Waals surface area contributed by atoms with Crippen LogP contribution in [0.3, 0.4) is 0 Å². The lowest BCUT2D eigenvalue weighted by Crippen LogP contribution is -2.39. The molecule has 1 fully saturated rings. The summed E-state index contributed by atoms with van der Waals surface area (Å²) < 4.78 is 0. The molecule has 2 aromatic rings. The molecule has 1 unspecified atom stereocenters. The molecule has 0 spiro atoms. The number of nitrogen functional groups attached to an aromatic ring is 1. The Bertz CT molecular complexity index is 615. The average Bonchev–Trinajstić information content (AvgIpc) is 3.01. The van der Waals surface area contributed by atoms with Gasteiger partial charge in [-0.1, -0.05) is 12.1 Å². The molecule has 0 saturated carbocycles. The number of piperidine rings is 1. The van der Waals surface area contributed by atoms with Gasteiger partial charge in [-0.25, -0.2) is 0 Å². The zero-order chi connectivity index (χ0) is 14.8. The summed E-state index contributed by atoms with van der Waals surface area (Å²) in [7, 11) is 0. The predicted molar refractivity (Wildman–Crippen MR) is 82.1 cm³/mol. The average molecular weight is 284 g/mol. The highest BCUT2D eigenvalue weighted by Gasteiger charge is 2.27. The number of anilines is 1. The summed E-state index contributed by atoms with van der Waals surface area (Å²) in [6.45, 7) is 3.44. The van der Waals surface area contributed by atoms with Crippen molar-refractivity contribution < 1.29 is 4.79 Å². The number of carbonyl (C=O) groups excluding carboxylic acids is 1. The van der Waals surface area contributed by atoms with Gasteiger partial charge in [0.1, 0.15) is 0 Å². The molecule has 1 aromatic heterocycles. The second-order valence-electron chi connectivity index (χ2n) is 5.64. The molecule has 1 amide bonds. The van der Waals surface area contributed by atoms with Crippen molar-refractivity contribution in [1.29, 1.82) is 0 Å². The number of H-pyrrole nitrogens is 1. The molecule has 1 saturated heterocycles. The fourth-order valence-corrected chi connectivity index (χ4v) is 3.05. The minimum Gasteiger partial charge on any atom is -0.398 e. The number of nitrogens with two attached hydrogens (primary N) is 1. The normalized spacial score (nSPS) is 18.7. The summed E-state index contributed by atoms with van der Waals surface area (Å²) in [5.74, 6) is 0.366. The van der Waals surface area contributed by atoms with Crippen molar-refractivity contribution in [3.63, 3.8) is 0 Å². The largest absolute Gasteiger partial charge is 0.398 e. The van der Waals surface area contributed by atoms with Crippen molar-refractivity contribution in [1.82, 2.24) is 15.1 Å². The van der Waals surface area contributed by atoms with Gasteiger partial charge in [-0.3, -0.25) is 9.89 Å². The SMILES string of the molecule is Cc1cccc(N)c1C(=O)N1CCCC(c2ccn[nH]2)C1. The van der Waals surface area contributed by atoms with E-state index in [2.05, 4.69) is 10.2 Å². The summed E-state index contributed by atoms with van der Waals surface area (Å²) in [6.07, 6.45) is 3.84. The van der Waals surface area contributed by atoms with Crippen molar-refractivity contribution in [2.24, 2.45) is 0 Å². The second-order valence-corrected chi connectivity index (χ2v) is 5.64. The molecule has 110 valence electrons. The number of aromatic nitrogens is 2. The van der Waals surface area contributed by atoms with Crippen LogP contribution in [0.25, 0.3) is 0 Å². The Morgan fingerprint density at radius 3 is 3.00 bits per heavy atom. The van der Waals surface area contributed by atoms with E-state index in [4.69, 9.17) is 5.73 Å². The molecule has 0 aliphatic carbocycles. The highest BCUT2D eigenvalue weighted by atomic mass is 16.2. The lowest BCUT2D eigenvalue weighted by Gasteiger charge is -2.33. The maximum atomic E-state index is 12.8. The number of nitrogens with one attached hydrogen (secondary N) is 1. The van der Waals surface area contributed by atoms with Gasteiger partial charge in [0.25, 0.3) is 5.91 Å². The zero-order valence-electron chi connectivity index (χ0n) is 12.2. The number of likely N-dealkylation sites (tertiary alicyclic amines) is 1. The Kier molecular flexibility index (Phi) is 3.64. The van der Waals surface area contributed by atoms with Gasteiger partial charge in [-0.05, 0) is 37.5 Å². The van der Waals surface area contributed by atoms with Gasteiger partial charge in [-0.15, -0.1) is 0 Å². The molecule has 21 heavy (non-hydrogen) atoms. The van der Waals surface area contributed by atoms with E-state index in [1.54, 1.807) is 12.3 Å². The van der Waals surface area contributed by atoms with Gasteiger partial charge < -0.3 is 10.6 Å². The first-order valence-corrected chi connectivity index (χ1v) is 7.30. The molecule has 1 aliphatic heterocycles. The molecule has 5 nitrogen and oxygen atoms in total. The number of aryl methyl sites for hydroxylation is 1. The van der Waals surface area contributed by atoms with E-state index in [1.807, 2.05) is 30.0 Å². The number of hydrogen-bond acceptors (Lipinski definition) is 3. The van der Waals surface area contributed by atoms with Crippen molar-refractivity contribution in [2.75, 3.05) is 18.8 Å². The first kappa shape index (κ1) is 13.7. The Morgan fingerprint density at radius 1 is 1.43 bits per heavy atom. The number of benzene rings is 1. The van der Waals surface area contributed by atoms with E-state index in [1.165, 1.54) is 0 Å². The molecule has 1 atom stereocenters. The van der Waals surface area contributed by atoms with Gasteiger partial charge in [0.05, 0.1) is 5.56 Å². The fourth-order valence-electron chi connectivity index (χ4n) is 3.05. The maximum absolute atomic E-state index is 12.8. The van der Waals surface area contributed by atoms with Crippen LogP contribution in [-0.4, -0.2) is 34.1 Å². The Balaban J connectivity index is 1.82. The molecular weight excluding hydrogens is 264 g/mol. The van der Waals surface area contributed by atoms with Crippen molar-refractivity contribution in [3.05, 3.63) is 47.3 Å².